The second kappa shape index (κ2) is 11.1. The highest BCUT2D eigenvalue weighted by Gasteiger charge is 2.30. The second-order valence-corrected chi connectivity index (χ2v) is 9.67. The van der Waals surface area contributed by atoms with Gasteiger partial charge >= 0.3 is 5.97 Å². The molecule has 2 aromatic carbocycles. The lowest BCUT2D eigenvalue weighted by Gasteiger charge is -2.20. The van der Waals surface area contributed by atoms with Crippen LogP contribution in [-0.2, 0) is 24.3 Å². The molecule has 0 saturated heterocycles. The maximum Gasteiger partial charge on any atom is 0.324 e. The van der Waals surface area contributed by atoms with Crippen LogP contribution in [-0.4, -0.2) is 40.1 Å². The lowest BCUT2D eigenvalue weighted by Crippen LogP contribution is -2.45. The van der Waals surface area contributed by atoms with Gasteiger partial charge in [-0.3, -0.25) is 9.59 Å². The van der Waals surface area contributed by atoms with Crippen molar-refractivity contribution in [2.45, 2.75) is 44.6 Å². The van der Waals surface area contributed by atoms with E-state index in [9.17, 15) is 18.0 Å². The first kappa shape index (κ1) is 25.4. The van der Waals surface area contributed by atoms with Crippen molar-refractivity contribution in [2.75, 3.05) is 19.0 Å². The predicted octanol–water partition coefficient (Wildman–Crippen LogP) is 3.30. The topological polar surface area (TPSA) is 111 Å². The first-order valence-corrected chi connectivity index (χ1v) is 11.7. The van der Waals surface area contributed by atoms with Crippen molar-refractivity contribution in [3.63, 3.8) is 0 Å². The molecule has 2 rings (SSSR count). The number of carbonyl (C=O) groups excluding carboxylic acids is 2. The van der Waals surface area contributed by atoms with Gasteiger partial charge in [0.05, 0.1) is 12.0 Å². The monoisotopic (exact) mass is 462 g/mol. The molecule has 0 aliphatic heterocycles. The number of esters is 1. The second-order valence-electron chi connectivity index (χ2n) is 7.95. The van der Waals surface area contributed by atoms with Gasteiger partial charge in [-0.15, -0.1) is 0 Å². The van der Waals surface area contributed by atoms with E-state index in [0.717, 1.165) is 5.56 Å². The van der Waals surface area contributed by atoms with Crippen LogP contribution in [0.4, 0.5) is 5.69 Å². The molecule has 1 atom stereocenters. The van der Waals surface area contributed by atoms with Crippen LogP contribution < -0.4 is 14.8 Å². The van der Waals surface area contributed by atoms with Crippen molar-refractivity contribution < 1.29 is 27.5 Å². The van der Waals surface area contributed by atoms with Gasteiger partial charge in [0, 0.05) is 5.69 Å². The number of anilines is 1. The molecule has 0 bridgehead atoms. The van der Waals surface area contributed by atoms with E-state index in [4.69, 9.17) is 9.47 Å². The van der Waals surface area contributed by atoms with Crippen LogP contribution in [0.3, 0.4) is 0 Å². The van der Waals surface area contributed by atoms with Crippen LogP contribution in [0.5, 0.6) is 5.75 Å². The average Bonchev–Trinajstić information content (AvgIpc) is 2.76. The van der Waals surface area contributed by atoms with Gasteiger partial charge < -0.3 is 14.8 Å². The normalized spacial score (nSPS) is 12.5. The van der Waals surface area contributed by atoms with Crippen molar-refractivity contribution in [2.24, 2.45) is 5.92 Å². The third-order valence-corrected chi connectivity index (χ3v) is 6.24. The highest BCUT2D eigenvalue weighted by molar-refractivity contribution is 7.89. The molecule has 1 amide bonds. The zero-order valence-corrected chi connectivity index (χ0v) is 19.7. The number of amides is 1. The summed E-state index contributed by atoms with van der Waals surface area (Å²) in [6, 6.07) is 12.0. The van der Waals surface area contributed by atoms with Crippen molar-refractivity contribution in [1.29, 1.82) is 0 Å². The summed E-state index contributed by atoms with van der Waals surface area (Å²) in [6.07, 6.45) is 0. The summed E-state index contributed by atoms with van der Waals surface area (Å²) in [7, 11) is -2.50. The van der Waals surface area contributed by atoms with Gasteiger partial charge in [0.2, 0.25) is 10.0 Å². The lowest BCUT2D eigenvalue weighted by atomic mass is 10.0. The quantitative estimate of drug-likeness (QED) is 0.524. The first-order chi connectivity index (χ1) is 15.0. The molecule has 0 radical (unpaired) electrons. The van der Waals surface area contributed by atoms with Gasteiger partial charge in [-0.05, 0) is 53.8 Å². The van der Waals surface area contributed by atoms with E-state index >= 15 is 0 Å². The smallest absolute Gasteiger partial charge is 0.324 e. The third kappa shape index (κ3) is 7.06. The van der Waals surface area contributed by atoms with Crippen LogP contribution in [0.2, 0.25) is 0 Å². The highest BCUT2D eigenvalue weighted by atomic mass is 32.2. The third-order valence-electron chi connectivity index (χ3n) is 4.78. The Hall–Kier alpha value is -2.91. The Morgan fingerprint density at radius 1 is 0.938 bits per heavy atom. The number of carbonyl (C=O) groups is 2. The number of sulfonamides is 1. The molecule has 2 aromatic rings. The van der Waals surface area contributed by atoms with Gasteiger partial charge in [0.25, 0.3) is 5.91 Å². The summed E-state index contributed by atoms with van der Waals surface area (Å²) in [6.45, 7) is 6.97. The zero-order valence-electron chi connectivity index (χ0n) is 18.9. The molecule has 0 aromatic heterocycles. The van der Waals surface area contributed by atoms with Crippen LogP contribution in [0, 0.1) is 5.92 Å². The number of ether oxygens (including phenoxy) is 2. The minimum atomic E-state index is -3.98. The SMILES string of the molecule is COc1ccc(S(=O)(=O)N[C@H](C(=O)OCC(=O)Nc2ccc(C(C)C)cc2)C(C)C)cc1. The number of hydrogen-bond acceptors (Lipinski definition) is 6. The van der Waals surface area contributed by atoms with E-state index in [1.54, 1.807) is 26.0 Å². The molecule has 8 nitrogen and oxygen atoms in total. The number of hydrogen-bond donors (Lipinski definition) is 2. The standard InChI is InChI=1S/C23H30N2O6S/c1-15(2)17-6-8-18(9-7-17)24-21(26)14-31-23(27)22(16(3)4)25-32(28,29)20-12-10-19(30-5)11-13-20/h6-13,15-16,22,25H,14H2,1-5H3,(H,24,26)/t22-/m0/s1. The summed E-state index contributed by atoms with van der Waals surface area (Å²) < 4.78 is 37.8. The lowest BCUT2D eigenvalue weighted by molar-refractivity contribution is -0.150. The van der Waals surface area contributed by atoms with Crippen molar-refractivity contribution >= 4 is 27.6 Å². The Morgan fingerprint density at radius 2 is 1.53 bits per heavy atom. The van der Waals surface area contributed by atoms with E-state index < -0.39 is 40.5 Å². The molecule has 0 unspecified atom stereocenters. The van der Waals surface area contributed by atoms with E-state index in [2.05, 4.69) is 23.9 Å². The van der Waals surface area contributed by atoms with Crippen molar-refractivity contribution in [1.82, 2.24) is 4.72 Å². The molecular weight excluding hydrogens is 432 g/mol. The van der Waals surface area contributed by atoms with E-state index in [1.807, 2.05) is 12.1 Å². The Balaban J connectivity index is 1.97. The van der Waals surface area contributed by atoms with Gasteiger partial charge in [0.15, 0.2) is 6.61 Å². The van der Waals surface area contributed by atoms with Gasteiger partial charge in [-0.25, -0.2) is 8.42 Å². The first-order valence-electron chi connectivity index (χ1n) is 10.3. The van der Waals surface area contributed by atoms with Gasteiger partial charge in [-0.2, -0.15) is 4.72 Å². The van der Waals surface area contributed by atoms with Crippen LogP contribution in [0.15, 0.2) is 53.4 Å². The van der Waals surface area contributed by atoms with Crippen molar-refractivity contribution in [3.8, 4) is 5.75 Å². The molecule has 0 spiro atoms. The number of nitrogens with one attached hydrogen (secondary N) is 2. The molecule has 0 saturated carbocycles. The predicted molar refractivity (Wildman–Crippen MR) is 122 cm³/mol. The Kier molecular flexibility index (Phi) is 8.80. The van der Waals surface area contributed by atoms with Gasteiger partial charge in [-0.1, -0.05) is 39.8 Å². The van der Waals surface area contributed by atoms with Gasteiger partial charge in [0.1, 0.15) is 11.8 Å². The largest absolute Gasteiger partial charge is 0.497 e. The van der Waals surface area contributed by atoms with Crippen molar-refractivity contribution in [3.05, 3.63) is 54.1 Å². The number of rotatable bonds is 10. The molecule has 2 N–H and O–H groups in total. The molecular formula is C23H30N2O6S. The fourth-order valence-electron chi connectivity index (χ4n) is 2.82. The summed E-state index contributed by atoms with van der Waals surface area (Å²) in [5, 5.41) is 2.65. The Bertz CT molecular complexity index is 1020. The molecule has 0 aliphatic carbocycles. The average molecular weight is 463 g/mol. The molecule has 174 valence electrons. The summed E-state index contributed by atoms with van der Waals surface area (Å²) >= 11 is 0. The summed E-state index contributed by atoms with van der Waals surface area (Å²) in [5.74, 6) is -0.871. The fourth-order valence-corrected chi connectivity index (χ4v) is 4.15. The van der Waals surface area contributed by atoms with E-state index in [0.29, 0.717) is 17.4 Å². The fraction of sp³-hybridized carbons (Fsp3) is 0.391. The molecule has 32 heavy (non-hydrogen) atoms. The number of benzene rings is 2. The van der Waals surface area contributed by atoms with E-state index in [1.165, 1.54) is 31.4 Å². The minimum Gasteiger partial charge on any atom is -0.497 e. The van der Waals surface area contributed by atoms with E-state index in [-0.39, 0.29) is 4.90 Å². The highest BCUT2D eigenvalue weighted by Crippen LogP contribution is 2.18. The number of methoxy groups -OCH3 is 1. The van der Waals surface area contributed by atoms with Crippen LogP contribution in [0.1, 0.15) is 39.2 Å². The summed E-state index contributed by atoms with van der Waals surface area (Å²) in [5.41, 5.74) is 1.72. The molecule has 9 heteroatoms. The maximum atomic E-state index is 12.7. The maximum absolute atomic E-state index is 12.7. The Labute approximate surface area is 189 Å². The Morgan fingerprint density at radius 3 is 2.03 bits per heavy atom. The molecule has 0 aliphatic rings. The molecule has 0 fully saturated rings. The van der Waals surface area contributed by atoms with Crippen LogP contribution >= 0.6 is 0 Å². The van der Waals surface area contributed by atoms with Crippen LogP contribution in [0.25, 0.3) is 0 Å². The zero-order chi connectivity index (χ0) is 23.9. The summed E-state index contributed by atoms with van der Waals surface area (Å²) in [4.78, 5) is 24.7. The molecule has 0 heterocycles. The minimum absolute atomic E-state index is 0.0145.